The van der Waals surface area contributed by atoms with Crippen LogP contribution in [0.3, 0.4) is 0 Å². The van der Waals surface area contributed by atoms with Crippen molar-refractivity contribution >= 4 is 0 Å². The van der Waals surface area contributed by atoms with Crippen LogP contribution in [0, 0.1) is 11.8 Å². The SMILES string of the molecule is CC1(C)CN(CC2CC2)C(C)(C2CC2)CN1. The van der Waals surface area contributed by atoms with Gasteiger partial charge in [-0.15, -0.1) is 0 Å². The first-order valence-electron chi connectivity index (χ1n) is 7.00. The van der Waals surface area contributed by atoms with Crippen LogP contribution in [0.4, 0.5) is 0 Å². The Morgan fingerprint density at radius 2 is 1.81 bits per heavy atom. The van der Waals surface area contributed by atoms with E-state index in [0.29, 0.717) is 11.1 Å². The van der Waals surface area contributed by atoms with E-state index in [1.807, 2.05) is 0 Å². The van der Waals surface area contributed by atoms with E-state index in [1.54, 1.807) is 0 Å². The zero-order valence-corrected chi connectivity index (χ0v) is 11.1. The Kier molecular flexibility index (Phi) is 2.38. The maximum Gasteiger partial charge on any atom is 0.0334 e. The van der Waals surface area contributed by atoms with Gasteiger partial charge in [-0.2, -0.15) is 0 Å². The topological polar surface area (TPSA) is 15.3 Å². The molecule has 1 heterocycles. The molecule has 2 aliphatic carbocycles. The summed E-state index contributed by atoms with van der Waals surface area (Å²) in [5.41, 5.74) is 0.765. The fraction of sp³-hybridized carbons (Fsp3) is 1.00. The Hall–Kier alpha value is -0.0800. The summed E-state index contributed by atoms with van der Waals surface area (Å²) >= 11 is 0. The quantitative estimate of drug-likeness (QED) is 0.788. The summed E-state index contributed by atoms with van der Waals surface area (Å²) in [4.78, 5) is 2.82. The van der Waals surface area contributed by atoms with Gasteiger partial charge in [0, 0.05) is 30.7 Å². The molecule has 0 aromatic heterocycles. The molecule has 2 heteroatoms. The van der Waals surface area contributed by atoms with Gasteiger partial charge in [-0.05, 0) is 58.3 Å². The molecule has 3 rings (SSSR count). The van der Waals surface area contributed by atoms with Crippen molar-refractivity contribution in [3.8, 4) is 0 Å². The van der Waals surface area contributed by atoms with Gasteiger partial charge in [0.2, 0.25) is 0 Å². The molecular weight excluding hydrogens is 196 g/mol. The molecule has 1 saturated heterocycles. The van der Waals surface area contributed by atoms with Crippen molar-refractivity contribution in [2.75, 3.05) is 19.6 Å². The number of nitrogens with one attached hydrogen (secondary N) is 1. The second-order valence-electron chi connectivity index (χ2n) is 7.19. The van der Waals surface area contributed by atoms with Gasteiger partial charge >= 0.3 is 0 Å². The fourth-order valence-electron chi connectivity index (χ4n) is 3.24. The van der Waals surface area contributed by atoms with Crippen LogP contribution in [0.15, 0.2) is 0 Å². The van der Waals surface area contributed by atoms with E-state index in [1.165, 1.54) is 45.3 Å². The summed E-state index contributed by atoms with van der Waals surface area (Å²) in [5, 5.41) is 3.75. The van der Waals surface area contributed by atoms with Crippen molar-refractivity contribution < 1.29 is 0 Å². The zero-order chi connectivity index (χ0) is 11.4. The lowest BCUT2D eigenvalue weighted by Crippen LogP contribution is -2.68. The van der Waals surface area contributed by atoms with E-state index in [4.69, 9.17) is 0 Å². The van der Waals surface area contributed by atoms with Crippen LogP contribution in [0.2, 0.25) is 0 Å². The maximum absolute atomic E-state index is 3.75. The predicted octanol–water partition coefficient (Wildman–Crippen LogP) is 2.25. The summed E-state index contributed by atoms with van der Waals surface area (Å²) < 4.78 is 0. The van der Waals surface area contributed by atoms with E-state index in [-0.39, 0.29) is 0 Å². The monoisotopic (exact) mass is 222 g/mol. The highest BCUT2D eigenvalue weighted by molar-refractivity contribution is 5.07. The van der Waals surface area contributed by atoms with Crippen molar-refractivity contribution in [2.24, 2.45) is 11.8 Å². The van der Waals surface area contributed by atoms with Gasteiger partial charge in [-0.1, -0.05) is 0 Å². The smallest absolute Gasteiger partial charge is 0.0334 e. The van der Waals surface area contributed by atoms with Gasteiger partial charge in [-0.25, -0.2) is 0 Å². The molecule has 0 amide bonds. The van der Waals surface area contributed by atoms with E-state index in [9.17, 15) is 0 Å². The minimum absolute atomic E-state index is 0.309. The van der Waals surface area contributed by atoms with Crippen LogP contribution in [-0.2, 0) is 0 Å². The first-order chi connectivity index (χ1) is 7.50. The molecule has 1 unspecified atom stereocenters. The fourth-order valence-corrected chi connectivity index (χ4v) is 3.24. The van der Waals surface area contributed by atoms with Crippen LogP contribution in [0.1, 0.15) is 46.5 Å². The van der Waals surface area contributed by atoms with Crippen LogP contribution in [0.25, 0.3) is 0 Å². The lowest BCUT2D eigenvalue weighted by Gasteiger charge is -2.52. The molecule has 1 aliphatic heterocycles. The van der Waals surface area contributed by atoms with Gasteiger partial charge in [0.15, 0.2) is 0 Å². The third-order valence-corrected chi connectivity index (χ3v) is 4.87. The molecule has 0 aromatic rings. The zero-order valence-electron chi connectivity index (χ0n) is 11.1. The lowest BCUT2D eigenvalue weighted by molar-refractivity contribution is 0.00840. The van der Waals surface area contributed by atoms with Gasteiger partial charge in [0.1, 0.15) is 0 Å². The maximum atomic E-state index is 3.75. The summed E-state index contributed by atoms with van der Waals surface area (Å²) in [6.45, 7) is 11.0. The molecule has 3 fully saturated rings. The van der Waals surface area contributed by atoms with Crippen molar-refractivity contribution in [2.45, 2.75) is 57.5 Å². The lowest BCUT2D eigenvalue weighted by atomic mass is 9.86. The van der Waals surface area contributed by atoms with Gasteiger partial charge < -0.3 is 5.32 Å². The van der Waals surface area contributed by atoms with E-state index < -0.39 is 0 Å². The molecule has 0 spiro atoms. The van der Waals surface area contributed by atoms with Crippen molar-refractivity contribution in [3.05, 3.63) is 0 Å². The Morgan fingerprint density at radius 1 is 1.12 bits per heavy atom. The first kappa shape index (κ1) is 11.0. The van der Waals surface area contributed by atoms with E-state index in [2.05, 4.69) is 31.0 Å². The van der Waals surface area contributed by atoms with E-state index >= 15 is 0 Å². The average Bonchev–Trinajstić information content (AvgIpc) is 3.00. The van der Waals surface area contributed by atoms with Gasteiger partial charge in [0.05, 0.1) is 0 Å². The molecule has 92 valence electrons. The van der Waals surface area contributed by atoms with Gasteiger partial charge in [0.25, 0.3) is 0 Å². The highest BCUT2D eigenvalue weighted by Gasteiger charge is 2.50. The van der Waals surface area contributed by atoms with Crippen molar-refractivity contribution in [1.29, 1.82) is 0 Å². The first-order valence-corrected chi connectivity index (χ1v) is 7.00. The second-order valence-corrected chi connectivity index (χ2v) is 7.19. The molecule has 0 aromatic carbocycles. The van der Waals surface area contributed by atoms with Crippen LogP contribution in [-0.4, -0.2) is 35.6 Å². The molecule has 2 nitrogen and oxygen atoms in total. The third-order valence-electron chi connectivity index (χ3n) is 4.87. The van der Waals surface area contributed by atoms with Crippen LogP contribution in [0.5, 0.6) is 0 Å². The Balaban J connectivity index is 1.74. The standard InChI is InChI=1S/C14H26N2/c1-13(2)10-16(8-11-4-5-11)14(3,9-15-13)12-6-7-12/h11-12,15H,4-10H2,1-3H3. The number of nitrogens with zero attached hydrogens (tertiary/aromatic N) is 1. The summed E-state index contributed by atoms with van der Waals surface area (Å²) in [7, 11) is 0. The Morgan fingerprint density at radius 3 is 2.38 bits per heavy atom. The molecule has 0 bridgehead atoms. The van der Waals surface area contributed by atoms with Crippen molar-refractivity contribution in [3.63, 3.8) is 0 Å². The molecule has 1 atom stereocenters. The number of hydrogen-bond acceptors (Lipinski definition) is 2. The summed E-state index contributed by atoms with van der Waals surface area (Å²) in [5.74, 6) is 1.99. The highest BCUT2D eigenvalue weighted by Crippen LogP contribution is 2.46. The molecule has 1 N–H and O–H groups in total. The highest BCUT2D eigenvalue weighted by atomic mass is 15.3. The molecule has 3 aliphatic rings. The van der Waals surface area contributed by atoms with E-state index in [0.717, 1.165) is 11.8 Å². The Labute approximate surface area is 99.8 Å². The molecule has 0 radical (unpaired) electrons. The number of rotatable bonds is 3. The molecular formula is C14H26N2. The Bertz CT molecular complexity index is 278. The normalized spacial score (nSPS) is 39.9. The third kappa shape index (κ3) is 2.02. The van der Waals surface area contributed by atoms with Crippen LogP contribution < -0.4 is 5.32 Å². The number of hydrogen-bond donors (Lipinski definition) is 1. The predicted molar refractivity (Wildman–Crippen MR) is 67.5 cm³/mol. The molecule has 2 saturated carbocycles. The largest absolute Gasteiger partial charge is 0.309 e. The average molecular weight is 222 g/mol. The van der Waals surface area contributed by atoms with Gasteiger partial charge in [-0.3, -0.25) is 4.90 Å². The van der Waals surface area contributed by atoms with Crippen molar-refractivity contribution in [1.82, 2.24) is 10.2 Å². The summed E-state index contributed by atoms with van der Waals surface area (Å²) in [6, 6.07) is 0. The second kappa shape index (κ2) is 3.46. The number of piperazine rings is 1. The summed E-state index contributed by atoms with van der Waals surface area (Å²) in [6.07, 6.45) is 5.87. The minimum atomic E-state index is 0.309. The van der Waals surface area contributed by atoms with Crippen LogP contribution >= 0.6 is 0 Å². The molecule has 16 heavy (non-hydrogen) atoms. The minimum Gasteiger partial charge on any atom is -0.309 e.